The fourth-order valence-electron chi connectivity index (χ4n) is 3.50. The van der Waals surface area contributed by atoms with Crippen LogP contribution in [0.3, 0.4) is 0 Å². The second-order valence-corrected chi connectivity index (χ2v) is 8.26. The molecule has 9 heteroatoms. The van der Waals surface area contributed by atoms with Crippen LogP contribution < -0.4 is 0 Å². The third-order valence-electron chi connectivity index (χ3n) is 5.13. The third kappa shape index (κ3) is 5.34. The van der Waals surface area contributed by atoms with Gasteiger partial charge in [0.2, 0.25) is 11.7 Å². The van der Waals surface area contributed by atoms with Crippen LogP contribution in [-0.2, 0) is 17.5 Å². The third-order valence-corrected chi connectivity index (χ3v) is 6.10. The maximum atomic E-state index is 13.2. The van der Waals surface area contributed by atoms with Gasteiger partial charge in [0, 0.05) is 38.1 Å². The Morgan fingerprint density at radius 3 is 2.32 bits per heavy atom. The van der Waals surface area contributed by atoms with E-state index in [2.05, 4.69) is 27.0 Å². The summed E-state index contributed by atoms with van der Waals surface area (Å²) in [5.41, 5.74) is 1.45. The van der Waals surface area contributed by atoms with E-state index in [4.69, 9.17) is 0 Å². The lowest BCUT2D eigenvalue weighted by Crippen LogP contribution is -2.48. The SMILES string of the molecule is O=C(CSc1nc(C(F)(F)F)nc2ccccc12)N1CCN(Cc2ccccc2)CC1. The van der Waals surface area contributed by atoms with Crippen LogP contribution in [0.15, 0.2) is 59.6 Å². The number of hydrogen-bond acceptors (Lipinski definition) is 5. The molecule has 4 rings (SSSR count). The zero-order chi connectivity index (χ0) is 21.8. The van der Waals surface area contributed by atoms with Gasteiger partial charge in [0.1, 0.15) is 5.03 Å². The van der Waals surface area contributed by atoms with E-state index in [1.165, 1.54) is 11.6 Å². The number of rotatable bonds is 5. The maximum Gasteiger partial charge on any atom is 0.451 e. The molecule has 0 N–H and O–H groups in total. The minimum atomic E-state index is -4.64. The number of carbonyl (C=O) groups is 1. The number of benzene rings is 2. The number of amides is 1. The highest BCUT2D eigenvalue weighted by atomic mass is 32.2. The summed E-state index contributed by atoms with van der Waals surface area (Å²) in [7, 11) is 0. The van der Waals surface area contributed by atoms with E-state index in [0.717, 1.165) is 31.4 Å². The zero-order valence-electron chi connectivity index (χ0n) is 16.7. The average molecular weight is 446 g/mol. The van der Waals surface area contributed by atoms with Crippen LogP contribution in [0.2, 0.25) is 0 Å². The highest BCUT2D eigenvalue weighted by Crippen LogP contribution is 2.32. The molecule has 162 valence electrons. The Morgan fingerprint density at radius 1 is 0.935 bits per heavy atom. The summed E-state index contributed by atoms with van der Waals surface area (Å²) in [5, 5.41) is 0.690. The lowest BCUT2D eigenvalue weighted by molar-refractivity contribution is -0.145. The second kappa shape index (κ2) is 9.23. The molecule has 3 aromatic rings. The number of alkyl halides is 3. The lowest BCUT2D eigenvalue weighted by Gasteiger charge is -2.34. The van der Waals surface area contributed by atoms with Crippen LogP contribution in [0.25, 0.3) is 10.9 Å². The topological polar surface area (TPSA) is 49.3 Å². The van der Waals surface area contributed by atoms with Crippen molar-refractivity contribution in [1.29, 1.82) is 0 Å². The Hall–Kier alpha value is -2.65. The fraction of sp³-hybridized carbons (Fsp3) is 0.318. The van der Waals surface area contributed by atoms with Gasteiger partial charge >= 0.3 is 6.18 Å². The largest absolute Gasteiger partial charge is 0.451 e. The monoisotopic (exact) mass is 446 g/mol. The van der Waals surface area contributed by atoms with E-state index in [0.29, 0.717) is 18.5 Å². The van der Waals surface area contributed by atoms with Crippen molar-refractivity contribution in [3.8, 4) is 0 Å². The van der Waals surface area contributed by atoms with E-state index in [-0.39, 0.29) is 22.2 Å². The van der Waals surface area contributed by atoms with E-state index < -0.39 is 12.0 Å². The van der Waals surface area contributed by atoms with Crippen LogP contribution in [0, 0.1) is 0 Å². The molecular weight excluding hydrogens is 425 g/mol. The molecule has 1 aliphatic rings. The number of thioether (sulfide) groups is 1. The Balaban J connectivity index is 1.37. The minimum absolute atomic E-state index is 0.0387. The summed E-state index contributed by atoms with van der Waals surface area (Å²) < 4.78 is 39.5. The molecule has 0 bridgehead atoms. The van der Waals surface area contributed by atoms with Crippen LogP contribution in [-0.4, -0.2) is 57.6 Å². The molecule has 0 aliphatic carbocycles. The summed E-state index contributed by atoms with van der Waals surface area (Å²) in [6.45, 7) is 3.57. The molecule has 1 amide bonds. The van der Waals surface area contributed by atoms with Crippen LogP contribution >= 0.6 is 11.8 Å². The summed E-state index contributed by atoms with van der Waals surface area (Å²) >= 11 is 1.03. The molecule has 2 heterocycles. The minimum Gasteiger partial charge on any atom is -0.339 e. The first kappa shape index (κ1) is 21.6. The Kier molecular flexibility index (Phi) is 6.43. The number of aromatic nitrogens is 2. The van der Waals surface area contributed by atoms with Gasteiger partial charge in [-0.2, -0.15) is 13.2 Å². The van der Waals surface area contributed by atoms with E-state index in [9.17, 15) is 18.0 Å². The number of hydrogen-bond donors (Lipinski definition) is 0. The average Bonchev–Trinajstić information content (AvgIpc) is 2.77. The molecule has 0 unspecified atom stereocenters. The summed E-state index contributed by atoms with van der Waals surface area (Å²) in [6.07, 6.45) is -4.64. The molecule has 31 heavy (non-hydrogen) atoms. The smallest absolute Gasteiger partial charge is 0.339 e. The summed E-state index contributed by atoms with van der Waals surface area (Å²) in [4.78, 5) is 24.0. The van der Waals surface area contributed by atoms with E-state index in [1.54, 1.807) is 23.1 Å². The number of carbonyl (C=O) groups excluding carboxylic acids is 1. The Bertz CT molecular complexity index is 1050. The Morgan fingerprint density at radius 2 is 1.61 bits per heavy atom. The number of para-hydroxylation sites is 1. The predicted octanol–water partition coefficient (Wildman–Crippen LogP) is 4.09. The predicted molar refractivity (Wildman–Crippen MR) is 114 cm³/mol. The standard InChI is InChI=1S/C22H21F3N4OS/c23-22(24,25)21-26-18-9-5-4-8-17(18)20(27-21)31-15-19(30)29-12-10-28(11-13-29)14-16-6-2-1-3-7-16/h1-9H,10-15H2. The molecular formula is C22H21F3N4OS. The van der Waals surface area contributed by atoms with Crippen LogP contribution in [0.5, 0.6) is 0 Å². The molecule has 1 saturated heterocycles. The van der Waals surface area contributed by atoms with Gasteiger partial charge in [-0.3, -0.25) is 9.69 Å². The van der Waals surface area contributed by atoms with Crippen molar-refractivity contribution < 1.29 is 18.0 Å². The molecule has 0 radical (unpaired) electrons. The number of fused-ring (bicyclic) bond motifs is 1. The quantitative estimate of drug-likeness (QED) is 0.437. The fourth-order valence-corrected chi connectivity index (χ4v) is 4.42. The molecule has 0 spiro atoms. The highest BCUT2D eigenvalue weighted by molar-refractivity contribution is 8.00. The van der Waals surface area contributed by atoms with Gasteiger partial charge in [0.15, 0.2) is 0 Å². The molecule has 1 aromatic heterocycles. The molecule has 1 aliphatic heterocycles. The first-order valence-corrected chi connectivity index (χ1v) is 10.9. The number of halogens is 3. The first-order valence-electron chi connectivity index (χ1n) is 9.91. The highest BCUT2D eigenvalue weighted by Gasteiger charge is 2.35. The zero-order valence-corrected chi connectivity index (χ0v) is 17.5. The van der Waals surface area contributed by atoms with Crippen LogP contribution in [0.4, 0.5) is 13.2 Å². The molecule has 5 nitrogen and oxygen atoms in total. The lowest BCUT2D eigenvalue weighted by atomic mass is 10.2. The molecule has 2 aromatic carbocycles. The Labute approximate surface area is 182 Å². The number of nitrogens with zero attached hydrogens (tertiary/aromatic N) is 4. The van der Waals surface area contributed by atoms with Gasteiger partial charge in [-0.1, -0.05) is 60.3 Å². The maximum absolute atomic E-state index is 13.2. The summed E-state index contributed by atoms with van der Waals surface area (Å²) in [6, 6.07) is 16.7. The van der Waals surface area contributed by atoms with Crippen molar-refractivity contribution in [2.75, 3.05) is 31.9 Å². The van der Waals surface area contributed by atoms with Crippen molar-refractivity contribution >= 4 is 28.6 Å². The number of piperazine rings is 1. The van der Waals surface area contributed by atoms with E-state index >= 15 is 0 Å². The van der Waals surface area contributed by atoms with Gasteiger partial charge in [-0.15, -0.1) is 0 Å². The second-order valence-electron chi connectivity index (χ2n) is 7.30. The van der Waals surface area contributed by atoms with Gasteiger partial charge < -0.3 is 4.90 Å². The van der Waals surface area contributed by atoms with Gasteiger partial charge in [0.05, 0.1) is 11.3 Å². The van der Waals surface area contributed by atoms with Crippen molar-refractivity contribution in [1.82, 2.24) is 19.8 Å². The normalized spacial score (nSPS) is 15.4. The van der Waals surface area contributed by atoms with Crippen molar-refractivity contribution in [3.05, 3.63) is 66.0 Å². The van der Waals surface area contributed by atoms with E-state index in [1.807, 2.05) is 18.2 Å². The molecule has 0 saturated carbocycles. The first-order chi connectivity index (χ1) is 14.9. The molecule has 1 fully saturated rings. The van der Waals surface area contributed by atoms with Crippen molar-refractivity contribution in [3.63, 3.8) is 0 Å². The van der Waals surface area contributed by atoms with Gasteiger partial charge in [-0.25, -0.2) is 9.97 Å². The van der Waals surface area contributed by atoms with Crippen molar-refractivity contribution in [2.45, 2.75) is 17.7 Å². The van der Waals surface area contributed by atoms with Crippen molar-refractivity contribution in [2.24, 2.45) is 0 Å². The van der Waals surface area contributed by atoms with Gasteiger partial charge in [-0.05, 0) is 11.6 Å². The van der Waals surface area contributed by atoms with Crippen LogP contribution in [0.1, 0.15) is 11.4 Å². The summed E-state index contributed by atoms with van der Waals surface area (Å²) in [5.74, 6) is -1.24. The van der Waals surface area contributed by atoms with Gasteiger partial charge in [0.25, 0.3) is 0 Å². The molecule has 0 atom stereocenters.